The molecule has 3 rings (SSSR count). The lowest BCUT2D eigenvalue weighted by Crippen LogP contribution is -2.48. The summed E-state index contributed by atoms with van der Waals surface area (Å²) in [4.78, 5) is 14.5. The second kappa shape index (κ2) is 7.22. The van der Waals surface area contributed by atoms with Crippen LogP contribution in [0.1, 0.15) is 29.9 Å². The number of rotatable bonds is 3. The summed E-state index contributed by atoms with van der Waals surface area (Å²) < 4.78 is 50.9. The van der Waals surface area contributed by atoms with Crippen LogP contribution >= 0.6 is 0 Å². The first-order chi connectivity index (χ1) is 12.7. The number of morpholine rings is 1. The minimum absolute atomic E-state index is 0.0520. The molecule has 1 saturated heterocycles. The Morgan fingerprint density at radius 3 is 2.52 bits per heavy atom. The number of carbonyl (C=O) groups excluding carboxylic acids is 1. The summed E-state index contributed by atoms with van der Waals surface area (Å²) in [6, 6.07) is 4.72. The average Bonchev–Trinajstić information content (AvgIpc) is 3.04. The highest BCUT2D eigenvalue weighted by atomic mass is 19.4. The highest BCUT2D eigenvalue weighted by Crippen LogP contribution is 2.31. The summed E-state index contributed by atoms with van der Waals surface area (Å²) in [5, 5.41) is 4.19. The molecule has 2 aromatic rings. The number of ether oxygens (including phenoxy) is 2. The maximum atomic E-state index is 13.0. The van der Waals surface area contributed by atoms with E-state index >= 15 is 0 Å². The van der Waals surface area contributed by atoms with Gasteiger partial charge in [0.25, 0.3) is 5.91 Å². The van der Waals surface area contributed by atoms with Gasteiger partial charge < -0.3 is 14.4 Å². The van der Waals surface area contributed by atoms with Crippen LogP contribution in [-0.2, 0) is 10.9 Å². The molecule has 1 aromatic carbocycles. The number of amides is 1. The van der Waals surface area contributed by atoms with E-state index in [0.29, 0.717) is 13.1 Å². The van der Waals surface area contributed by atoms with Crippen LogP contribution in [0.5, 0.6) is 5.75 Å². The van der Waals surface area contributed by atoms with Gasteiger partial charge in [0, 0.05) is 13.1 Å². The summed E-state index contributed by atoms with van der Waals surface area (Å²) in [6.45, 7) is 4.55. The van der Waals surface area contributed by atoms with E-state index in [0.717, 1.165) is 12.1 Å². The summed E-state index contributed by atoms with van der Waals surface area (Å²) in [7, 11) is 1.38. The molecule has 0 N–H and O–H groups in total. The van der Waals surface area contributed by atoms with Gasteiger partial charge in [0.1, 0.15) is 0 Å². The Bertz CT molecular complexity index is 825. The number of hydrogen-bond donors (Lipinski definition) is 0. The molecule has 2 atom stereocenters. The molecule has 1 amide bonds. The van der Waals surface area contributed by atoms with Crippen molar-refractivity contribution in [3.63, 3.8) is 0 Å². The summed E-state index contributed by atoms with van der Waals surface area (Å²) >= 11 is 0. The zero-order valence-corrected chi connectivity index (χ0v) is 15.2. The van der Waals surface area contributed by atoms with Crippen molar-refractivity contribution in [3.8, 4) is 11.4 Å². The number of aromatic nitrogens is 2. The van der Waals surface area contributed by atoms with Gasteiger partial charge in [-0.1, -0.05) is 6.07 Å². The van der Waals surface area contributed by atoms with E-state index in [4.69, 9.17) is 9.47 Å². The molecule has 0 spiro atoms. The summed E-state index contributed by atoms with van der Waals surface area (Å²) in [5.74, 6) is -0.149. The fourth-order valence-corrected chi connectivity index (χ4v) is 3.11. The van der Waals surface area contributed by atoms with Crippen LogP contribution in [0.2, 0.25) is 0 Å². The number of alkyl halides is 3. The van der Waals surface area contributed by atoms with E-state index in [9.17, 15) is 18.0 Å². The third-order valence-corrected chi connectivity index (χ3v) is 4.25. The van der Waals surface area contributed by atoms with Crippen molar-refractivity contribution in [2.45, 2.75) is 32.2 Å². The van der Waals surface area contributed by atoms with Crippen LogP contribution < -0.4 is 4.74 Å². The van der Waals surface area contributed by atoms with Crippen LogP contribution in [-0.4, -0.2) is 53.0 Å². The van der Waals surface area contributed by atoms with Gasteiger partial charge in [-0.25, -0.2) is 4.68 Å². The molecule has 0 aliphatic carbocycles. The molecule has 6 nitrogen and oxygen atoms in total. The molecule has 0 radical (unpaired) electrons. The van der Waals surface area contributed by atoms with Gasteiger partial charge in [0.15, 0.2) is 11.4 Å². The second-order valence-electron chi connectivity index (χ2n) is 6.51. The van der Waals surface area contributed by atoms with Gasteiger partial charge in [-0.15, -0.1) is 0 Å². The van der Waals surface area contributed by atoms with E-state index in [-0.39, 0.29) is 35.2 Å². The molecule has 1 aliphatic rings. The van der Waals surface area contributed by atoms with Crippen molar-refractivity contribution in [1.29, 1.82) is 0 Å². The fourth-order valence-electron chi connectivity index (χ4n) is 3.11. The molecule has 27 heavy (non-hydrogen) atoms. The molecule has 1 fully saturated rings. The minimum Gasteiger partial charge on any atom is -0.493 e. The van der Waals surface area contributed by atoms with E-state index in [2.05, 4.69) is 5.10 Å². The number of halogens is 3. The van der Waals surface area contributed by atoms with Gasteiger partial charge in [0.05, 0.1) is 36.8 Å². The molecule has 0 bridgehead atoms. The smallest absolute Gasteiger partial charge is 0.416 e. The first-order valence-electron chi connectivity index (χ1n) is 8.45. The van der Waals surface area contributed by atoms with Gasteiger partial charge in [-0.05, 0) is 32.0 Å². The van der Waals surface area contributed by atoms with E-state index in [1.165, 1.54) is 30.1 Å². The largest absolute Gasteiger partial charge is 0.493 e. The van der Waals surface area contributed by atoms with Gasteiger partial charge >= 0.3 is 6.18 Å². The predicted molar refractivity (Wildman–Crippen MR) is 91.0 cm³/mol. The Hall–Kier alpha value is -2.55. The van der Waals surface area contributed by atoms with Crippen molar-refractivity contribution in [1.82, 2.24) is 14.7 Å². The van der Waals surface area contributed by atoms with Crippen LogP contribution in [0.25, 0.3) is 5.69 Å². The monoisotopic (exact) mass is 383 g/mol. The SMILES string of the molecule is COc1cn(-c2cccc(C(F)(F)F)c2)nc1C(=O)N1C[C@@H](C)O[C@H](C)C1. The topological polar surface area (TPSA) is 56.6 Å². The molecule has 2 heterocycles. The van der Waals surface area contributed by atoms with E-state index in [1.54, 1.807) is 4.90 Å². The first-order valence-corrected chi connectivity index (χ1v) is 8.45. The minimum atomic E-state index is -4.47. The molecule has 9 heteroatoms. The summed E-state index contributed by atoms with van der Waals surface area (Å²) in [6.07, 6.45) is -3.30. The third kappa shape index (κ3) is 4.08. The zero-order chi connectivity index (χ0) is 19.8. The highest BCUT2D eigenvalue weighted by Gasteiger charge is 2.32. The van der Waals surface area contributed by atoms with Crippen LogP contribution in [0, 0.1) is 0 Å². The lowest BCUT2D eigenvalue weighted by molar-refractivity contribution is -0.137. The van der Waals surface area contributed by atoms with E-state index < -0.39 is 11.7 Å². The van der Waals surface area contributed by atoms with Crippen molar-refractivity contribution in [2.24, 2.45) is 0 Å². The van der Waals surface area contributed by atoms with Gasteiger partial charge in [0.2, 0.25) is 0 Å². The van der Waals surface area contributed by atoms with Crippen LogP contribution in [0.3, 0.4) is 0 Å². The molecular weight excluding hydrogens is 363 g/mol. The average molecular weight is 383 g/mol. The standard InChI is InChI=1S/C18H20F3N3O3/c1-11-8-23(9-12(2)27-11)17(25)16-15(26-3)10-24(22-16)14-6-4-5-13(7-14)18(19,20)21/h4-7,10-12H,8-9H2,1-3H3/t11-,12-/m1/s1. The summed E-state index contributed by atoms with van der Waals surface area (Å²) in [5.41, 5.74) is -0.555. The van der Waals surface area contributed by atoms with Crippen molar-refractivity contribution >= 4 is 5.91 Å². The number of benzene rings is 1. The first kappa shape index (κ1) is 19.2. The van der Waals surface area contributed by atoms with Gasteiger partial charge in [-0.3, -0.25) is 4.79 Å². The Morgan fingerprint density at radius 1 is 1.26 bits per heavy atom. The van der Waals surface area contributed by atoms with Crippen molar-refractivity contribution in [2.75, 3.05) is 20.2 Å². The third-order valence-electron chi connectivity index (χ3n) is 4.25. The Balaban J connectivity index is 1.93. The molecule has 146 valence electrons. The highest BCUT2D eigenvalue weighted by molar-refractivity contribution is 5.95. The molecule has 1 aromatic heterocycles. The Kier molecular flexibility index (Phi) is 5.14. The molecule has 1 aliphatic heterocycles. The predicted octanol–water partition coefficient (Wildman–Crippen LogP) is 3.15. The van der Waals surface area contributed by atoms with Crippen molar-refractivity contribution in [3.05, 3.63) is 41.7 Å². The fraction of sp³-hybridized carbons (Fsp3) is 0.444. The second-order valence-corrected chi connectivity index (χ2v) is 6.51. The maximum Gasteiger partial charge on any atom is 0.416 e. The molecule has 0 unspecified atom stereocenters. The van der Waals surface area contributed by atoms with Gasteiger partial charge in [-0.2, -0.15) is 18.3 Å². The Morgan fingerprint density at radius 2 is 1.93 bits per heavy atom. The number of hydrogen-bond acceptors (Lipinski definition) is 4. The number of nitrogens with zero attached hydrogens (tertiary/aromatic N) is 3. The lowest BCUT2D eigenvalue weighted by atomic mass is 10.2. The maximum absolute atomic E-state index is 13.0. The normalized spacial score (nSPS) is 20.6. The lowest BCUT2D eigenvalue weighted by Gasteiger charge is -2.34. The molecule has 0 saturated carbocycles. The zero-order valence-electron chi connectivity index (χ0n) is 15.2. The number of methoxy groups -OCH3 is 1. The number of carbonyl (C=O) groups is 1. The Labute approximate surface area is 154 Å². The van der Waals surface area contributed by atoms with E-state index in [1.807, 2.05) is 13.8 Å². The van der Waals surface area contributed by atoms with Crippen LogP contribution in [0.15, 0.2) is 30.5 Å². The molecular formula is C18H20F3N3O3. The van der Waals surface area contributed by atoms with Crippen molar-refractivity contribution < 1.29 is 27.4 Å². The quantitative estimate of drug-likeness (QED) is 0.817. The van der Waals surface area contributed by atoms with Crippen LogP contribution in [0.4, 0.5) is 13.2 Å².